The number of aliphatic hydroxyl groups excluding tert-OH is 1. The number of nitrogens with two attached hydrogens (primary N) is 1. The monoisotopic (exact) mass is 204 g/mol. The second-order valence-corrected chi connectivity index (χ2v) is 3.34. The Morgan fingerprint density at radius 2 is 2.07 bits per heavy atom. The SMILES string of the molecule is CCCN(CCO)CC(CN)OCC. The predicted molar refractivity (Wildman–Crippen MR) is 58.3 cm³/mol. The lowest BCUT2D eigenvalue weighted by molar-refractivity contribution is 0.0351. The third kappa shape index (κ3) is 6.32. The molecule has 0 aliphatic heterocycles. The van der Waals surface area contributed by atoms with Gasteiger partial charge in [0.05, 0.1) is 12.7 Å². The van der Waals surface area contributed by atoms with Gasteiger partial charge in [0.1, 0.15) is 0 Å². The van der Waals surface area contributed by atoms with Gasteiger partial charge in [-0.3, -0.25) is 4.90 Å². The highest BCUT2D eigenvalue weighted by molar-refractivity contribution is 4.66. The van der Waals surface area contributed by atoms with Crippen LogP contribution in [0.5, 0.6) is 0 Å². The molecule has 3 N–H and O–H groups in total. The van der Waals surface area contributed by atoms with Crippen molar-refractivity contribution in [3.63, 3.8) is 0 Å². The van der Waals surface area contributed by atoms with Crippen molar-refractivity contribution < 1.29 is 9.84 Å². The van der Waals surface area contributed by atoms with Crippen LogP contribution >= 0.6 is 0 Å². The first-order valence-corrected chi connectivity index (χ1v) is 5.43. The Bertz CT molecular complexity index is 117. The molecule has 0 saturated heterocycles. The van der Waals surface area contributed by atoms with E-state index >= 15 is 0 Å². The van der Waals surface area contributed by atoms with Crippen LogP contribution in [0.1, 0.15) is 20.3 Å². The minimum absolute atomic E-state index is 0.0955. The van der Waals surface area contributed by atoms with Gasteiger partial charge in [0.25, 0.3) is 0 Å². The molecule has 0 aromatic carbocycles. The molecule has 0 spiro atoms. The summed E-state index contributed by atoms with van der Waals surface area (Å²) in [6.07, 6.45) is 1.18. The molecule has 0 rings (SSSR count). The molecule has 0 aromatic heterocycles. The normalized spacial score (nSPS) is 13.5. The molecule has 0 aliphatic carbocycles. The second-order valence-electron chi connectivity index (χ2n) is 3.34. The summed E-state index contributed by atoms with van der Waals surface area (Å²) in [5, 5.41) is 8.87. The predicted octanol–water partition coefficient (Wildman–Crippen LogP) is 0.0545. The Morgan fingerprint density at radius 3 is 2.50 bits per heavy atom. The summed E-state index contributed by atoms with van der Waals surface area (Å²) < 4.78 is 5.47. The van der Waals surface area contributed by atoms with Gasteiger partial charge < -0.3 is 15.6 Å². The number of hydrogen-bond donors (Lipinski definition) is 2. The Hall–Kier alpha value is -0.160. The summed E-state index contributed by atoms with van der Waals surface area (Å²) in [7, 11) is 0. The first-order chi connectivity index (χ1) is 6.78. The van der Waals surface area contributed by atoms with Gasteiger partial charge in [-0.25, -0.2) is 0 Å². The quantitative estimate of drug-likeness (QED) is 0.557. The minimum Gasteiger partial charge on any atom is -0.395 e. The molecule has 4 nitrogen and oxygen atoms in total. The van der Waals surface area contributed by atoms with E-state index in [0.29, 0.717) is 19.7 Å². The third-order valence-electron chi connectivity index (χ3n) is 2.08. The summed E-state index contributed by atoms with van der Waals surface area (Å²) in [5.41, 5.74) is 5.59. The van der Waals surface area contributed by atoms with Gasteiger partial charge in [0.2, 0.25) is 0 Å². The highest BCUT2D eigenvalue weighted by Crippen LogP contribution is 1.97. The van der Waals surface area contributed by atoms with Gasteiger partial charge in [-0.1, -0.05) is 6.92 Å². The molecular weight excluding hydrogens is 180 g/mol. The zero-order valence-corrected chi connectivity index (χ0v) is 9.41. The van der Waals surface area contributed by atoms with E-state index in [1.807, 2.05) is 6.92 Å². The Labute approximate surface area is 87.0 Å². The second kappa shape index (κ2) is 9.40. The summed E-state index contributed by atoms with van der Waals surface area (Å²) in [5.74, 6) is 0. The van der Waals surface area contributed by atoms with Gasteiger partial charge in [0, 0.05) is 26.2 Å². The van der Waals surface area contributed by atoms with Gasteiger partial charge in [-0.2, -0.15) is 0 Å². The number of aliphatic hydroxyl groups is 1. The van der Waals surface area contributed by atoms with Crippen LogP contribution in [0, 0.1) is 0 Å². The molecule has 86 valence electrons. The number of rotatable bonds is 9. The van der Waals surface area contributed by atoms with E-state index in [-0.39, 0.29) is 12.7 Å². The fourth-order valence-corrected chi connectivity index (χ4v) is 1.47. The smallest absolute Gasteiger partial charge is 0.0823 e. The Kier molecular flexibility index (Phi) is 9.29. The summed E-state index contributed by atoms with van der Waals surface area (Å²) >= 11 is 0. The largest absolute Gasteiger partial charge is 0.395 e. The van der Waals surface area contributed by atoms with Crippen LogP contribution < -0.4 is 5.73 Å². The molecule has 0 radical (unpaired) electrons. The topological polar surface area (TPSA) is 58.7 Å². The van der Waals surface area contributed by atoms with Gasteiger partial charge >= 0.3 is 0 Å². The molecule has 1 atom stereocenters. The van der Waals surface area contributed by atoms with E-state index in [1.54, 1.807) is 0 Å². The van der Waals surface area contributed by atoms with Crippen molar-refractivity contribution in [2.24, 2.45) is 5.73 Å². The summed E-state index contributed by atoms with van der Waals surface area (Å²) in [6, 6.07) is 0. The number of nitrogens with zero attached hydrogens (tertiary/aromatic N) is 1. The van der Waals surface area contributed by atoms with Crippen LogP contribution in [0.15, 0.2) is 0 Å². The number of hydrogen-bond acceptors (Lipinski definition) is 4. The van der Waals surface area contributed by atoms with Crippen molar-refractivity contribution in [3.8, 4) is 0 Å². The van der Waals surface area contributed by atoms with Gasteiger partial charge in [0.15, 0.2) is 0 Å². The van der Waals surface area contributed by atoms with Crippen molar-refractivity contribution in [3.05, 3.63) is 0 Å². The van der Waals surface area contributed by atoms with Crippen LogP contribution in [0.3, 0.4) is 0 Å². The average molecular weight is 204 g/mol. The molecule has 0 fully saturated rings. The van der Waals surface area contributed by atoms with Crippen molar-refractivity contribution in [1.82, 2.24) is 4.90 Å². The molecule has 0 aliphatic rings. The van der Waals surface area contributed by atoms with E-state index in [4.69, 9.17) is 15.6 Å². The fraction of sp³-hybridized carbons (Fsp3) is 1.00. The van der Waals surface area contributed by atoms with Crippen LogP contribution in [0.25, 0.3) is 0 Å². The molecular formula is C10H24N2O2. The van der Waals surface area contributed by atoms with Crippen molar-refractivity contribution in [2.45, 2.75) is 26.4 Å². The van der Waals surface area contributed by atoms with E-state index in [2.05, 4.69) is 11.8 Å². The van der Waals surface area contributed by atoms with E-state index in [1.165, 1.54) is 0 Å². The molecule has 1 unspecified atom stereocenters. The molecule has 0 bridgehead atoms. The highest BCUT2D eigenvalue weighted by atomic mass is 16.5. The maximum absolute atomic E-state index is 8.87. The van der Waals surface area contributed by atoms with E-state index in [0.717, 1.165) is 19.5 Å². The Balaban J connectivity index is 3.83. The number of ether oxygens (including phenoxy) is 1. The molecule has 0 saturated carbocycles. The van der Waals surface area contributed by atoms with Gasteiger partial charge in [-0.05, 0) is 19.9 Å². The lowest BCUT2D eigenvalue weighted by atomic mass is 10.3. The standard InChI is InChI=1S/C10H24N2O2/c1-3-5-12(6-7-13)9-10(8-11)14-4-2/h10,13H,3-9,11H2,1-2H3. The first-order valence-electron chi connectivity index (χ1n) is 5.43. The van der Waals surface area contributed by atoms with Gasteiger partial charge in [-0.15, -0.1) is 0 Å². The van der Waals surface area contributed by atoms with E-state index < -0.39 is 0 Å². The molecule has 0 heterocycles. The van der Waals surface area contributed by atoms with Crippen molar-refractivity contribution in [1.29, 1.82) is 0 Å². The maximum atomic E-state index is 8.87. The van der Waals surface area contributed by atoms with E-state index in [9.17, 15) is 0 Å². The lowest BCUT2D eigenvalue weighted by Gasteiger charge is -2.25. The first kappa shape index (κ1) is 13.8. The Morgan fingerprint density at radius 1 is 1.36 bits per heavy atom. The third-order valence-corrected chi connectivity index (χ3v) is 2.08. The zero-order chi connectivity index (χ0) is 10.8. The molecule has 4 heteroatoms. The average Bonchev–Trinajstić information content (AvgIpc) is 2.18. The lowest BCUT2D eigenvalue weighted by Crippen LogP contribution is -2.40. The minimum atomic E-state index is 0.0955. The van der Waals surface area contributed by atoms with Crippen molar-refractivity contribution in [2.75, 3.05) is 39.4 Å². The van der Waals surface area contributed by atoms with Crippen LogP contribution in [0.4, 0.5) is 0 Å². The maximum Gasteiger partial charge on any atom is 0.0823 e. The van der Waals surface area contributed by atoms with Crippen LogP contribution in [-0.4, -0.2) is 55.5 Å². The van der Waals surface area contributed by atoms with Crippen molar-refractivity contribution >= 4 is 0 Å². The molecule has 0 amide bonds. The van der Waals surface area contributed by atoms with Crippen LogP contribution in [0.2, 0.25) is 0 Å². The summed E-state index contributed by atoms with van der Waals surface area (Å²) in [4.78, 5) is 2.19. The zero-order valence-electron chi connectivity index (χ0n) is 9.41. The molecule has 0 aromatic rings. The van der Waals surface area contributed by atoms with Crippen LogP contribution in [-0.2, 0) is 4.74 Å². The fourth-order valence-electron chi connectivity index (χ4n) is 1.47. The summed E-state index contributed by atoms with van der Waals surface area (Å²) in [6.45, 7) is 8.05. The highest BCUT2D eigenvalue weighted by Gasteiger charge is 2.11. The molecule has 14 heavy (non-hydrogen) atoms.